The van der Waals surface area contributed by atoms with Crippen molar-refractivity contribution in [2.24, 2.45) is 5.92 Å². The molecule has 2 heterocycles. The lowest BCUT2D eigenvalue weighted by Gasteiger charge is -2.37. The number of hydrogen-bond acceptors (Lipinski definition) is 4. The van der Waals surface area contributed by atoms with E-state index in [9.17, 15) is 10.1 Å². The summed E-state index contributed by atoms with van der Waals surface area (Å²) >= 11 is 1.68. The highest BCUT2D eigenvalue weighted by atomic mass is 32.1. The molecule has 1 amide bonds. The van der Waals surface area contributed by atoms with Crippen molar-refractivity contribution in [3.05, 3.63) is 53.4 Å². The molecule has 3 rings (SSSR count). The molecule has 5 heteroatoms. The standard InChI is InChI=1S/C22H25N3OS/c1-17(2)20(16-23)24-12-14-25(15-13-24)22(26)11-9-19-8-10-21(27-19)18-6-4-3-5-7-18/h3-11,17,20H,12-15H2,1-2H3/b11-9+. The highest BCUT2D eigenvalue weighted by Crippen LogP contribution is 2.28. The maximum Gasteiger partial charge on any atom is 0.246 e. The van der Waals surface area contributed by atoms with Crippen LogP contribution in [0.2, 0.25) is 0 Å². The Morgan fingerprint density at radius 1 is 1.11 bits per heavy atom. The minimum Gasteiger partial charge on any atom is -0.337 e. The van der Waals surface area contributed by atoms with Crippen molar-refractivity contribution >= 4 is 23.3 Å². The molecule has 27 heavy (non-hydrogen) atoms. The number of carbonyl (C=O) groups is 1. The largest absolute Gasteiger partial charge is 0.337 e. The van der Waals surface area contributed by atoms with Crippen molar-refractivity contribution < 1.29 is 4.79 Å². The first kappa shape index (κ1) is 19.3. The molecule has 0 N–H and O–H groups in total. The van der Waals surface area contributed by atoms with Crippen LogP contribution in [0.4, 0.5) is 0 Å². The summed E-state index contributed by atoms with van der Waals surface area (Å²) in [4.78, 5) is 18.8. The van der Waals surface area contributed by atoms with E-state index in [0.29, 0.717) is 19.0 Å². The molecule has 4 nitrogen and oxygen atoms in total. The van der Waals surface area contributed by atoms with Crippen molar-refractivity contribution in [1.29, 1.82) is 5.26 Å². The maximum absolute atomic E-state index is 12.5. The molecule has 1 aromatic carbocycles. The second kappa shape index (κ2) is 8.98. The highest BCUT2D eigenvalue weighted by molar-refractivity contribution is 7.16. The molecular weight excluding hydrogens is 354 g/mol. The monoisotopic (exact) mass is 379 g/mol. The second-order valence-corrected chi connectivity index (χ2v) is 8.20. The normalized spacial score (nSPS) is 16.6. The van der Waals surface area contributed by atoms with Crippen LogP contribution in [0, 0.1) is 17.2 Å². The zero-order chi connectivity index (χ0) is 19.2. The lowest BCUT2D eigenvalue weighted by molar-refractivity contribution is -0.127. The van der Waals surface area contributed by atoms with Crippen LogP contribution in [-0.4, -0.2) is 47.9 Å². The smallest absolute Gasteiger partial charge is 0.246 e. The maximum atomic E-state index is 12.5. The highest BCUT2D eigenvalue weighted by Gasteiger charge is 2.26. The van der Waals surface area contributed by atoms with E-state index < -0.39 is 0 Å². The molecule has 0 saturated carbocycles. The molecule has 1 aliphatic rings. The number of carbonyl (C=O) groups excluding carboxylic acids is 1. The van der Waals surface area contributed by atoms with Crippen molar-refractivity contribution in [2.75, 3.05) is 26.2 Å². The van der Waals surface area contributed by atoms with Crippen LogP contribution in [0.1, 0.15) is 18.7 Å². The van der Waals surface area contributed by atoms with Gasteiger partial charge in [-0.15, -0.1) is 11.3 Å². The van der Waals surface area contributed by atoms with E-state index in [1.165, 1.54) is 10.4 Å². The number of amides is 1. The summed E-state index contributed by atoms with van der Waals surface area (Å²) in [6.45, 7) is 7.00. The van der Waals surface area contributed by atoms with Gasteiger partial charge in [0.1, 0.15) is 6.04 Å². The van der Waals surface area contributed by atoms with Gasteiger partial charge < -0.3 is 4.90 Å². The first-order chi connectivity index (χ1) is 13.1. The third-order valence-electron chi connectivity index (χ3n) is 4.86. The molecule has 1 unspecified atom stereocenters. The topological polar surface area (TPSA) is 47.3 Å². The van der Waals surface area contributed by atoms with Crippen molar-refractivity contribution in [2.45, 2.75) is 19.9 Å². The minimum atomic E-state index is -0.0691. The lowest BCUT2D eigenvalue weighted by Crippen LogP contribution is -2.52. The first-order valence-electron chi connectivity index (χ1n) is 9.34. The summed E-state index contributed by atoms with van der Waals surface area (Å²) in [5.74, 6) is 0.345. The summed E-state index contributed by atoms with van der Waals surface area (Å²) < 4.78 is 0. The van der Waals surface area contributed by atoms with E-state index in [1.54, 1.807) is 17.4 Å². The number of thiophene rings is 1. The fraction of sp³-hybridized carbons (Fsp3) is 0.364. The number of hydrogen-bond donors (Lipinski definition) is 0. The van der Waals surface area contributed by atoms with E-state index in [-0.39, 0.29) is 11.9 Å². The Kier molecular flexibility index (Phi) is 6.44. The lowest BCUT2D eigenvalue weighted by atomic mass is 10.0. The van der Waals surface area contributed by atoms with Crippen LogP contribution in [0.15, 0.2) is 48.5 Å². The third-order valence-corrected chi connectivity index (χ3v) is 5.96. The van der Waals surface area contributed by atoms with Gasteiger partial charge in [0.15, 0.2) is 0 Å². The third kappa shape index (κ3) is 4.85. The van der Waals surface area contributed by atoms with Gasteiger partial charge in [0.05, 0.1) is 6.07 Å². The van der Waals surface area contributed by atoms with Gasteiger partial charge in [-0.2, -0.15) is 5.26 Å². The summed E-state index contributed by atoms with van der Waals surface area (Å²) in [6.07, 6.45) is 3.57. The van der Waals surface area contributed by atoms with E-state index >= 15 is 0 Å². The van der Waals surface area contributed by atoms with Gasteiger partial charge in [-0.3, -0.25) is 9.69 Å². The number of nitriles is 1. The van der Waals surface area contributed by atoms with Crippen LogP contribution >= 0.6 is 11.3 Å². The Morgan fingerprint density at radius 3 is 2.44 bits per heavy atom. The Morgan fingerprint density at radius 2 is 1.81 bits per heavy atom. The fourth-order valence-electron chi connectivity index (χ4n) is 3.33. The first-order valence-corrected chi connectivity index (χ1v) is 10.2. The number of piperazine rings is 1. The average molecular weight is 380 g/mol. The zero-order valence-electron chi connectivity index (χ0n) is 15.8. The van der Waals surface area contributed by atoms with Crippen LogP contribution in [0.3, 0.4) is 0 Å². The van der Waals surface area contributed by atoms with Gasteiger partial charge in [0.2, 0.25) is 5.91 Å². The fourth-order valence-corrected chi connectivity index (χ4v) is 4.25. The summed E-state index contributed by atoms with van der Waals surface area (Å²) in [5.41, 5.74) is 1.20. The van der Waals surface area contributed by atoms with Crippen LogP contribution < -0.4 is 0 Å². The molecule has 1 fully saturated rings. The van der Waals surface area contributed by atoms with Gasteiger partial charge in [0.25, 0.3) is 0 Å². The van der Waals surface area contributed by atoms with E-state index in [0.717, 1.165) is 18.0 Å². The molecule has 2 aromatic rings. The number of rotatable bonds is 5. The SMILES string of the molecule is CC(C)C(C#N)N1CCN(C(=O)/C=C/c2ccc(-c3ccccc3)s2)CC1. The molecule has 0 bridgehead atoms. The average Bonchev–Trinajstić information content (AvgIpc) is 3.17. The molecule has 0 spiro atoms. The molecule has 140 valence electrons. The Labute approximate surface area is 165 Å². The summed E-state index contributed by atoms with van der Waals surface area (Å²) in [5, 5.41) is 9.34. The second-order valence-electron chi connectivity index (χ2n) is 7.08. The van der Waals surface area contributed by atoms with Crippen molar-refractivity contribution in [3.63, 3.8) is 0 Å². The minimum absolute atomic E-state index is 0.0439. The van der Waals surface area contributed by atoms with Crippen LogP contribution in [-0.2, 0) is 4.79 Å². The number of benzene rings is 1. The van der Waals surface area contributed by atoms with E-state index in [4.69, 9.17) is 0 Å². The molecule has 0 aliphatic carbocycles. The predicted molar refractivity (Wildman–Crippen MR) is 111 cm³/mol. The van der Waals surface area contributed by atoms with Gasteiger partial charge in [0, 0.05) is 42.0 Å². The molecular formula is C22H25N3OS. The van der Waals surface area contributed by atoms with E-state index in [1.807, 2.05) is 29.2 Å². The summed E-state index contributed by atoms with van der Waals surface area (Å²) in [7, 11) is 0. The molecule has 1 saturated heterocycles. The van der Waals surface area contributed by atoms with Crippen LogP contribution in [0.5, 0.6) is 0 Å². The number of nitrogens with zero attached hydrogens (tertiary/aromatic N) is 3. The molecule has 1 aliphatic heterocycles. The Hall–Kier alpha value is -2.42. The molecule has 0 radical (unpaired) electrons. The zero-order valence-corrected chi connectivity index (χ0v) is 16.7. The van der Waals surface area contributed by atoms with Crippen molar-refractivity contribution in [1.82, 2.24) is 9.80 Å². The van der Waals surface area contributed by atoms with E-state index in [2.05, 4.69) is 49.1 Å². The quantitative estimate of drug-likeness (QED) is 0.734. The van der Waals surface area contributed by atoms with Gasteiger partial charge in [-0.05, 0) is 29.7 Å². The van der Waals surface area contributed by atoms with Crippen LogP contribution in [0.25, 0.3) is 16.5 Å². The van der Waals surface area contributed by atoms with Gasteiger partial charge in [-0.1, -0.05) is 44.2 Å². The summed E-state index contributed by atoms with van der Waals surface area (Å²) in [6, 6.07) is 16.7. The van der Waals surface area contributed by atoms with Gasteiger partial charge >= 0.3 is 0 Å². The Balaban J connectivity index is 1.56. The molecule has 1 atom stereocenters. The van der Waals surface area contributed by atoms with Crippen molar-refractivity contribution in [3.8, 4) is 16.5 Å². The Bertz CT molecular complexity index is 827. The van der Waals surface area contributed by atoms with Gasteiger partial charge in [-0.25, -0.2) is 0 Å². The predicted octanol–water partition coefficient (Wildman–Crippen LogP) is 4.12. The molecule has 1 aromatic heterocycles.